The standard InChI is InChI=1S/C6H12N2O3/c1-3(2)4(5(9)10)8-6(7)11/h3-4H,1-2H3,(H,9,10)(H3,7,8,11)/t4-/m1/s1. The molecule has 4 N–H and O–H groups in total. The third-order valence-electron chi connectivity index (χ3n) is 1.23. The number of carbonyl (C=O) groups is 2. The van der Waals surface area contributed by atoms with E-state index in [0.717, 1.165) is 0 Å². The molecule has 0 rings (SSSR count). The molecule has 1 atom stereocenters. The van der Waals surface area contributed by atoms with E-state index < -0.39 is 18.0 Å². The lowest BCUT2D eigenvalue weighted by atomic mass is 10.1. The van der Waals surface area contributed by atoms with E-state index in [1.54, 1.807) is 13.8 Å². The van der Waals surface area contributed by atoms with E-state index in [1.165, 1.54) is 0 Å². The van der Waals surface area contributed by atoms with Gasteiger partial charge in [0.2, 0.25) is 0 Å². The van der Waals surface area contributed by atoms with Crippen molar-refractivity contribution in [1.82, 2.24) is 5.32 Å². The highest BCUT2D eigenvalue weighted by Crippen LogP contribution is 2.00. The highest BCUT2D eigenvalue weighted by molar-refractivity contribution is 5.81. The summed E-state index contributed by atoms with van der Waals surface area (Å²) >= 11 is 0. The highest BCUT2D eigenvalue weighted by atomic mass is 16.4. The summed E-state index contributed by atoms with van der Waals surface area (Å²) < 4.78 is 0. The Labute approximate surface area is 64.6 Å². The van der Waals surface area contributed by atoms with Crippen molar-refractivity contribution in [1.29, 1.82) is 0 Å². The average molecular weight is 160 g/mol. The minimum absolute atomic E-state index is 0.167. The van der Waals surface area contributed by atoms with Crippen molar-refractivity contribution in [2.45, 2.75) is 19.9 Å². The lowest BCUT2D eigenvalue weighted by Gasteiger charge is -2.15. The van der Waals surface area contributed by atoms with Gasteiger partial charge in [-0.05, 0) is 5.92 Å². The molecule has 0 saturated heterocycles. The fraction of sp³-hybridized carbons (Fsp3) is 0.667. The SMILES string of the molecule is CC(C)[C@@H](NC(N)=O)C(=O)O. The summed E-state index contributed by atoms with van der Waals surface area (Å²) in [4.78, 5) is 20.7. The molecule has 0 aromatic heterocycles. The van der Waals surface area contributed by atoms with Crippen LogP contribution in [0.15, 0.2) is 0 Å². The number of rotatable bonds is 3. The minimum atomic E-state index is -1.07. The van der Waals surface area contributed by atoms with Gasteiger partial charge in [-0.2, -0.15) is 0 Å². The van der Waals surface area contributed by atoms with Gasteiger partial charge in [-0.15, -0.1) is 0 Å². The quantitative estimate of drug-likeness (QED) is 0.532. The zero-order valence-corrected chi connectivity index (χ0v) is 6.50. The zero-order chi connectivity index (χ0) is 9.02. The van der Waals surface area contributed by atoms with Crippen LogP contribution in [-0.2, 0) is 4.79 Å². The first-order chi connectivity index (χ1) is 4.95. The van der Waals surface area contributed by atoms with Crippen molar-refractivity contribution in [3.05, 3.63) is 0 Å². The summed E-state index contributed by atoms with van der Waals surface area (Å²) in [5, 5.41) is 10.6. The summed E-state index contributed by atoms with van der Waals surface area (Å²) in [6.07, 6.45) is 0. The van der Waals surface area contributed by atoms with Crippen LogP contribution in [0.25, 0.3) is 0 Å². The molecule has 5 heteroatoms. The van der Waals surface area contributed by atoms with E-state index in [-0.39, 0.29) is 5.92 Å². The number of aliphatic carboxylic acids is 1. The largest absolute Gasteiger partial charge is 0.480 e. The Morgan fingerprint density at radius 3 is 2.00 bits per heavy atom. The van der Waals surface area contributed by atoms with Crippen LogP contribution >= 0.6 is 0 Å². The first kappa shape index (κ1) is 9.74. The van der Waals surface area contributed by atoms with Crippen LogP contribution < -0.4 is 11.1 Å². The molecule has 5 nitrogen and oxygen atoms in total. The Morgan fingerprint density at radius 2 is 1.91 bits per heavy atom. The summed E-state index contributed by atoms with van der Waals surface area (Å²) in [5.74, 6) is -1.24. The van der Waals surface area contributed by atoms with Crippen molar-refractivity contribution in [2.75, 3.05) is 0 Å². The van der Waals surface area contributed by atoms with Gasteiger partial charge in [0.25, 0.3) is 0 Å². The molecule has 0 spiro atoms. The predicted octanol–water partition coefficient (Wildman–Crippen LogP) is -0.236. The Morgan fingerprint density at radius 1 is 1.45 bits per heavy atom. The van der Waals surface area contributed by atoms with Gasteiger partial charge in [0.15, 0.2) is 0 Å². The molecule has 0 aromatic rings. The molecule has 0 unspecified atom stereocenters. The van der Waals surface area contributed by atoms with E-state index in [2.05, 4.69) is 5.32 Å². The number of carboxylic acids is 1. The molecule has 0 heterocycles. The van der Waals surface area contributed by atoms with Crippen molar-refractivity contribution in [3.8, 4) is 0 Å². The fourth-order valence-electron chi connectivity index (χ4n) is 0.667. The Bertz CT molecular complexity index is 167. The molecule has 11 heavy (non-hydrogen) atoms. The molecule has 2 amide bonds. The van der Waals surface area contributed by atoms with E-state index in [0.29, 0.717) is 0 Å². The predicted molar refractivity (Wildman–Crippen MR) is 39.0 cm³/mol. The van der Waals surface area contributed by atoms with E-state index in [4.69, 9.17) is 10.8 Å². The second-order valence-corrected chi connectivity index (χ2v) is 2.57. The molecule has 0 radical (unpaired) electrons. The number of nitrogens with two attached hydrogens (primary N) is 1. The monoisotopic (exact) mass is 160 g/mol. The van der Waals surface area contributed by atoms with Gasteiger partial charge < -0.3 is 16.2 Å². The number of nitrogens with one attached hydrogen (secondary N) is 1. The molecular weight excluding hydrogens is 148 g/mol. The van der Waals surface area contributed by atoms with Crippen LogP contribution in [0, 0.1) is 5.92 Å². The van der Waals surface area contributed by atoms with Gasteiger partial charge in [0.1, 0.15) is 6.04 Å². The van der Waals surface area contributed by atoms with Gasteiger partial charge in [0, 0.05) is 0 Å². The summed E-state index contributed by atoms with van der Waals surface area (Å²) in [7, 11) is 0. The normalized spacial score (nSPS) is 12.6. The van der Waals surface area contributed by atoms with Crippen LogP contribution in [0.4, 0.5) is 4.79 Å². The third kappa shape index (κ3) is 3.44. The molecule has 0 saturated carbocycles. The number of hydrogen-bond donors (Lipinski definition) is 3. The maximum absolute atomic E-state index is 10.4. The van der Waals surface area contributed by atoms with Crippen molar-refractivity contribution in [2.24, 2.45) is 11.7 Å². The molecule has 0 fully saturated rings. The summed E-state index contributed by atoms with van der Waals surface area (Å²) in [6, 6.07) is -1.71. The van der Waals surface area contributed by atoms with Gasteiger partial charge in [-0.3, -0.25) is 0 Å². The van der Waals surface area contributed by atoms with Crippen molar-refractivity contribution >= 4 is 12.0 Å². The van der Waals surface area contributed by atoms with Crippen molar-refractivity contribution < 1.29 is 14.7 Å². The van der Waals surface area contributed by atoms with Crippen LogP contribution in [-0.4, -0.2) is 23.1 Å². The highest BCUT2D eigenvalue weighted by Gasteiger charge is 2.21. The third-order valence-corrected chi connectivity index (χ3v) is 1.23. The van der Waals surface area contributed by atoms with Crippen LogP contribution in [0.5, 0.6) is 0 Å². The molecule has 0 aliphatic carbocycles. The first-order valence-electron chi connectivity index (χ1n) is 3.24. The average Bonchev–Trinajstić information content (AvgIpc) is 1.81. The lowest BCUT2D eigenvalue weighted by Crippen LogP contribution is -2.46. The number of urea groups is 1. The number of amides is 2. The summed E-state index contributed by atoms with van der Waals surface area (Å²) in [6.45, 7) is 3.38. The lowest BCUT2D eigenvalue weighted by molar-refractivity contribution is -0.140. The molecule has 0 aliphatic heterocycles. The van der Waals surface area contributed by atoms with Crippen LogP contribution in [0.2, 0.25) is 0 Å². The fourth-order valence-corrected chi connectivity index (χ4v) is 0.667. The topological polar surface area (TPSA) is 92.4 Å². The number of carbonyl (C=O) groups excluding carboxylic acids is 1. The van der Waals surface area contributed by atoms with E-state index in [9.17, 15) is 9.59 Å². The Hall–Kier alpha value is -1.26. The number of primary amides is 1. The minimum Gasteiger partial charge on any atom is -0.480 e. The first-order valence-corrected chi connectivity index (χ1v) is 3.24. The van der Waals surface area contributed by atoms with E-state index in [1.807, 2.05) is 0 Å². The van der Waals surface area contributed by atoms with E-state index >= 15 is 0 Å². The second kappa shape index (κ2) is 3.80. The summed E-state index contributed by atoms with van der Waals surface area (Å²) in [5.41, 5.74) is 4.76. The second-order valence-electron chi connectivity index (χ2n) is 2.57. The van der Waals surface area contributed by atoms with Gasteiger partial charge >= 0.3 is 12.0 Å². The van der Waals surface area contributed by atoms with Gasteiger partial charge in [0.05, 0.1) is 0 Å². The van der Waals surface area contributed by atoms with Crippen molar-refractivity contribution in [3.63, 3.8) is 0 Å². The molecule has 0 aromatic carbocycles. The Balaban J connectivity index is 4.12. The number of hydrogen-bond acceptors (Lipinski definition) is 2. The smallest absolute Gasteiger partial charge is 0.326 e. The Kier molecular flexibility index (Phi) is 3.36. The molecule has 0 aliphatic rings. The zero-order valence-electron chi connectivity index (χ0n) is 6.50. The number of carboxylic acid groups (broad SMARTS) is 1. The van der Waals surface area contributed by atoms with Crippen LogP contribution in [0.3, 0.4) is 0 Å². The maximum atomic E-state index is 10.4. The molecule has 64 valence electrons. The molecular formula is C6H12N2O3. The molecule has 0 bridgehead atoms. The van der Waals surface area contributed by atoms with Gasteiger partial charge in [-0.1, -0.05) is 13.8 Å². The maximum Gasteiger partial charge on any atom is 0.326 e. The van der Waals surface area contributed by atoms with Crippen LogP contribution in [0.1, 0.15) is 13.8 Å². The van der Waals surface area contributed by atoms with Gasteiger partial charge in [-0.25, -0.2) is 9.59 Å².